The summed E-state index contributed by atoms with van der Waals surface area (Å²) >= 11 is 0. The Morgan fingerprint density at radius 3 is 2.75 bits per heavy atom. The van der Waals surface area contributed by atoms with Crippen LogP contribution in [0.25, 0.3) is 11.1 Å². The summed E-state index contributed by atoms with van der Waals surface area (Å²) in [7, 11) is 3.12. The molecule has 0 spiro atoms. The summed E-state index contributed by atoms with van der Waals surface area (Å²) < 4.78 is 15.9. The van der Waals surface area contributed by atoms with Crippen LogP contribution in [-0.2, 0) is 11.2 Å². The Hall–Kier alpha value is -3.02. The number of carbonyl (C=O) groups excluding carboxylic acids is 1. The molecule has 0 unspecified atom stereocenters. The van der Waals surface area contributed by atoms with Crippen LogP contribution in [0, 0.1) is 6.92 Å². The number of hydrogen-bond donors (Lipinski definition) is 1. The number of carbonyl (C=O) groups is 1. The van der Waals surface area contributed by atoms with Gasteiger partial charge in [-0.1, -0.05) is 6.07 Å². The van der Waals surface area contributed by atoms with Crippen LogP contribution in [0.15, 0.2) is 40.8 Å². The number of nitrogens with zero attached hydrogens (tertiary/aromatic N) is 1. The third-order valence-electron chi connectivity index (χ3n) is 3.61. The number of ether oxygens (including phenoxy) is 2. The summed E-state index contributed by atoms with van der Waals surface area (Å²) in [6, 6.07) is 10.8. The van der Waals surface area contributed by atoms with Gasteiger partial charge in [-0.05, 0) is 29.8 Å². The summed E-state index contributed by atoms with van der Waals surface area (Å²) in [5.74, 6) is 1.67. The van der Waals surface area contributed by atoms with Crippen molar-refractivity contribution in [2.45, 2.75) is 13.3 Å². The fraction of sp³-hybridized carbons (Fsp3) is 0.222. The summed E-state index contributed by atoms with van der Waals surface area (Å²) in [5, 5.41) is 2.85. The number of anilines is 1. The van der Waals surface area contributed by atoms with Gasteiger partial charge < -0.3 is 19.2 Å². The smallest absolute Gasteiger partial charge is 0.228 e. The van der Waals surface area contributed by atoms with Gasteiger partial charge in [-0.25, -0.2) is 4.98 Å². The topological polar surface area (TPSA) is 73.6 Å². The lowest BCUT2D eigenvalue weighted by Crippen LogP contribution is -2.15. The predicted molar refractivity (Wildman–Crippen MR) is 90.6 cm³/mol. The third-order valence-corrected chi connectivity index (χ3v) is 3.61. The van der Waals surface area contributed by atoms with Gasteiger partial charge in [-0.15, -0.1) is 0 Å². The van der Waals surface area contributed by atoms with Gasteiger partial charge in [-0.2, -0.15) is 0 Å². The number of aromatic nitrogens is 1. The molecular formula is C18H18N2O4. The molecule has 0 bridgehead atoms. The highest BCUT2D eigenvalue weighted by Crippen LogP contribution is 2.29. The van der Waals surface area contributed by atoms with Crippen molar-refractivity contribution < 1.29 is 18.7 Å². The van der Waals surface area contributed by atoms with Crippen LogP contribution in [0.2, 0.25) is 0 Å². The van der Waals surface area contributed by atoms with Gasteiger partial charge in [0.15, 0.2) is 11.5 Å². The Bertz CT molecular complexity index is 886. The number of fused-ring (bicyclic) bond motifs is 1. The van der Waals surface area contributed by atoms with Crippen LogP contribution in [0.3, 0.4) is 0 Å². The molecule has 0 fully saturated rings. The maximum atomic E-state index is 12.3. The monoisotopic (exact) mass is 326 g/mol. The molecule has 0 saturated carbocycles. The maximum absolute atomic E-state index is 12.3. The maximum Gasteiger partial charge on any atom is 0.228 e. The lowest BCUT2D eigenvalue weighted by atomic mass is 10.1. The van der Waals surface area contributed by atoms with E-state index in [1.165, 1.54) is 0 Å². The first-order chi connectivity index (χ1) is 11.6. The summed E-state index contributed by atoms with van der Waals surface area (Å²) in [6.45, 7) is 1.79. The molecule has 0 saturated heterocycles. The zero-order valence-corrected chi connectivity index (χ0v) is 13.8. The number of benzene rings is 2. The highest BCUT2D eigenvalue weighted by atomic mass is 16.5. The van der Waals surface area contributed by atoms with E-state index in [4.69, 9.17) is 13.9 Å². The number of amides is 1. The molecule has 0 aliphatic heterocycles. The van der Waals surface area contributed by atoms with E-state index in [1.807, 2.05) is 18.2 Å². The second-order valence-corrected chi connectivity index (χ2v) is 5.33. The minimum atomic E-state index is -0.155. The minimum absolute atomic E-state index is 0.155. The Morgan fingerprint density at radius 1 is 1.17 bits per heavy atom. The van der Waals surface area contributed by atoms with Crippen molar-refractivity contribution in [3.8, 4) is 11.5 Å². The molecule has 0 aliphatic carbocycles. The second-order valence-electron chi connectivity index (χ2n) is 5.33. The molecule has 1 amide bonds. The first-order valence-corrected chi connectivity index (χ1v) is 7.47. The molecule has 3 rings (SSSR count). The van der Waals surface area contributed by atoms with E-state index in [2.05, 4.69) is 10.3 Å². The standard InChI is InChI=1S/C18H18N2O4/c1-11-19-14-6-4-12(8-17(14)24-11)9-18(21)20-15-10-13(22-2)5-7-16(15)23-3/h4-8,10H,9H2,1-3H3,(H,20,21). The minimum Gasteiger partial charge on any atom is -0.497 e. The number of rotatable bonds is 5. The molecular weight excluding hydrogens is 308 g/mol. The van der Waals surface area contributed by atoms with Crippen molar-refractivity contribution in [1.82, 2.24) is 4.98 Å². The van der Waals surface area contributed by atoms with Crippen molar-refractivity contribution in [2.75, 3.05) is 19.5 Å². The van der Waals surface area contributed by atoms with E-state index in [-0.39, 0.29) is 12.3 Å². The van der Waals surface area contributed by atoms with Crippen molar-refractivity contribution in [3.63, 3.8) is 0 Å². The summed E-state index contributed by atoms with van der Waals surface area (Å²) in [5.41, 5.74) is 2.87. The van der Waals surface area contributed by atoms with Crippen LogP contribution in [0.1, 0.15) is 11.5 Å². The largest absolute Gasteiger partial charge is 0.497 e. The summed E-state index contributed by atoms with van der Waals surface area (Å²) in [4.78, 5) is 16.6. The third kappa shape index (κ3) is 3.32. The molecule has 6 heteroatoms. The molecule has 0 atom stereocenters. The fourth-order valence-electron chi connectivity index (χ4n) is 2.49. The highest BCUT2D eigenvalue weighted by Gasteiger charge is 2.11. The quantitative estimate of drug-likeness (QED) is 0.778. The van der Waals surface area contributed by atoms with Gasteiger partial charge >= 0.3 is 0 Å². The fourth-order valence-corrected chi connectivity index (χ4v) is 2.49. The van der Waals surface area contributed by atoms with Gasteiger partial charge in [0.05, 0.1) is 26.3 Å². The molecule has 1 N–H and O–H groups in total. The normalized spacial score (nSPS) is 10.6. The molecule has 1 heterocycles. The van der Waals surface area contributed by atoms with Crippen molar-refractivity contribution in [1.29, 1.82) is 0 Å². The molecule has 3 aromatic rings. The zero-order chi connectivity index (χ0) is 17.1. The average Bonchev–Trinajstić information content (AvgIpc) is 2.94. The van der Waals surface area contributed by atoms with E-state index in [9.17, 15) is 4.79 Å². The van der Waals surface area contributed by atoms with Crippen molar-refractivity contribution in [2.24, 2.45) is 0 Å². The van der Waals surface area contributed by atoms with E-state index in [0.717, 1.165) is 11.1 Å². The molecule has 2 aromatic carbocycles. The predicted octanol–water partition coefficient (Wildman–Crippen LogP) is 3.33. The van der Waals surface area contributed by atoms with Crippen LogP contribution in [0.5, 0.6) is 11.5 Å². The van der Waals surface area contributed by atoms with Crippen molar-refractivity contribution >= 4 is 22.7 Å². The van der Waals surface area contributed by atoms with Crippen LogP contribution in [0.4, 0.5) is 5.69 Å². The van der Waals surface area contributed by atoms with E-state index in [1.54, 1.807) is 39.3 Å². The van der Waals surface area contributed by atoms with E-state index in [0.29, 0.717) is 28.7 Å². The molecule has 24 heavy (non-hydrogen) atoms. The Kier molecular flexibility index (Phi) is 4.37. The number of methoxy groups -OCH3 is 2. The molecule has 1 aromatic heterocycles. The van der Waals surface area contributed by atoms with Gasteiger partial charge in [0.2, 0.25) is 5.91 Å². The SMILES string of the molecule is COc1ccc(OC)c(NC(=O)Cc2ccc3nc(C)oc3c2)c1. The van der Waals surface area contributed by atoms with Gasteiger partial charge in [0, 0.05) is 13.0 Å². The lowest BCUT2D eigenvalue weighted by Gasteiger charge is -2.11. The second kappa shape index (κ2) is 6.62. The molecule has 6 nitrogen and oxygen atoms in total. The number of aryl methyl sites for hydroxylation is 1. The Balaban J connectivity index is 1.77. The van der Waals surface area contributed by atoms with E-state index >= 15 is 0 Å². The molecule has 124 valence electrons. The number of oxazole rings is 1. The van der Waals surface area contributed by atoms with Gasteiger partial charge in [0.25, 0.3) is 0 Å². The first kappa shape index (κ1) is 15.9. The van der Waals surface area contributed by atoms with Crippen LogP contribution in [-0.4, -0.2) is 25.1 Å². The van der Waals surface area contributed by atoms with Gasteiger partial charge in [-0.3, -0.25) is 4.79 Å². The van der Waals surface area contributed by atoms with Crippen LogP contribution < -0.4 is 14.8 Å². The Morgan fingerprint density at radius 2 is 2.00 bits per heavy atom. The first-order valence-electron chi connectivity index (χ1n) is 7.47. The highest BCUT2D eigenvalue weighted by molar-refractivity contribution is 5.94. The Labute approximate surface area is 139 Å². The van der Waals surface area contributed by atoms with Crippen LogP contribution >= 0.6 is 0 Å². The summed E-state index contributed by atoms with van der Waals surface area (Å²) in [6.07, 6.45) is 0.218. The van der Waals surface area contributed by atoms with Gasteiger partial charge in [0.1, 0.15) is 17.0 Å². The number of hydrogen-bond acceptors (Lipinski definition) is 5. The molecule has 0 radical (unpaired) electrons. The van der Waals surface area contributed by atoms with E-state index < -0.39 is 0 Å². The molecule has 0 aliphatic rings. The number of nitrogens with one attached hydrogen (secondary N) is 1. The zero-order valence-electron chi connectivity index (χ0n) is 13.8. The average molecular weight is 326 g/mol. The lowest BCUT2D eigenvalue weighted by molar-refractivity contribution is -0.115. The van der Waals surface area contributed by atoms with Crippen molar-refractivity contribution in [3.05, 3.63) is 47.9 Å².